The molecule has 2 rings (SSSR count). The Bertz CT molecular complexity index is 694. The van der Waals surface area contributed by atoms with Gasteiger partial charge in [-0.15, -0.1) is 13.2 Å². The van der Waals surface area contributed by atoms with Crippen LogP contribution in [-0.4, -0.2) is 48.8 Å². The predicted molar refractivity (Wildman–Crippen MR) is 103 cm³/mol. The maximum atomic E-state index is 12.5. The molecule has 0 aliphatic heterocycles. The molecule has 162 valence electrons. The van der Waals surface area contributed by atoms with Crippen LogP contribution in [0.4, 0.5) is 18.9 Å². The molecule has 0 spiro atoms. The average molecular weight is 415 g/mol. The van der Waals surface area contributed by atoms with Crippen LogP contribution in [0.15, 0.2) is 24.3 Å². The second-order valence-corrected chi connectivity index (χ2v) is 7.59. The van der Waals surface area contributed by atoms with Crippen molar-refractivity contribution in [2.24, 2.45) is 5.92 Å². The fourth-order valence-electron chi connectivity index (χ4n) is 3.34. The van der Waals surface area contributed by atoms with Gasteiger partial charge in [0.15, 0.2) is 0 Å². The van der Waals surface area contributed by atoms with E-state index >= 15 is 0 Å². The first kappa shape index (κ1) is 23.0. The summed E-state index contributed by atoms with van der Waals surface area (Å²) >= 11 is 0. The van der Waals surface area contributed by atoms with Gasteiger partial charge in [-0.05, 0) is 57.0 Å². The Morgan fingerprint density at radius 1 is 1.21 bits per heavy atom. The summed E-state index contributed by atoms with van der Waals surface area (Å²) in [4.78, 5) is 26.3. The molecule has 9 heteroatoms. The zero-order chi connectivity index (χ0) is 21.6. The third-order valence-electron chi connectivity index (χ3n) is 5.24. The monoisotopic (exact) mass is 415 g/mol. The van der Waals surface area contributed by atoms with Gasteiger partial charge in [0.1, 0.15) is 5.75 Å². The quantitative estimate of drug-likeness (QED) is 0.715. The van der Waals surface area contributed by atoms with Crippen molar-refractivity contribution in [1.82, 2.24) is 10.2 Å². The Hall–Kier alpha value is -2.29. The molecule has 2 amide bonds. The van der Waals surface area contributed by atoms with E-state index < -0.39 is 12.4 Å². The van der Waals surface area contributed by atoms with Gasteiger partial charge < -0.3 is 15.4 Å². The highest BCUT2D eigenvalue weighted by Gasteiger charge is 2.31. The van der Waals surface area contributed by atoms with Gasteiger partial charge in [-0.25, -0.2) is 0 Å². The summed E-state index contributed by atoms with van der Waals surface area (Å²) in [6.45, 7) is 3.84. The number of nitrogens with one attached hydrogen (secondary N) is 2. The number of benzene rings is 1. The van der Waals surface area contributed by atoms with E-state index in [-0.39, 0.29) is 30.2 Å². The number of halogens is 3. The van der Waals surface area contributed by atoms with Gasteiger partial charge >= 0.3 is 6.36 Å². The van der Waals surface area contributed by atoms with Crippen LogP contribution in [0, 0.1) is 5.92 Å². The van der Waals surface area contributed by atoms with Crippen LogP contribution < -0.4 is 15.4 Å². The van der Waals surface area contributed by atoms with Gasteiger partial charge in [-0.2, -0.15) is 0 Å². The molecule has 29 heavy (non-hydrogen) atoms. The molecule has 2 N–H and O–H groups in total. The Labute approximate surface area is 168 Å². The number of likely N-dealkylation sites (N-methyl/N-ethyl adjacent to an activating group) is 1. The lowest BCUT2D eigenvalue weighted by Crippen LogP contribution is -2.50. The molecule has 0 aromatic heterocycles. The summed E-state index contributed by atoms with van der Waals surface area (Å²) < 4.78 is 40.3. The first-order valence-corrected chi connectivity index (χ1v) is 9.71. The Kier molecular flexibility index (Phi) is 7.89. The molecule has 0 bridgehead atoms. The van der Waals surface area contributed by atoms with Gasteiger partial charge in [-0.1, -0.05) is 19.8 Å². The maximum Gasteiger partial charge on any atom is 0.573 e. The lowest BCUT2D eigenvalue weighted by Gasteiger charge is -2.32. The topological polar surface area (TPSA) is 70.7 Å². The fraction of sp³-hybridized carbons (Fsp3) is 0.600. The Balaban J connectivity index is 1.82. The summed E-state index contributed by atoms with van der Waals surface area (Å²) in [5, 5.41) is 5.67. The Morgan fingerprint density at radius 3 is 2.41 bits per heavy atom. The summed E-state index contributed by atoms with van der Waals surface area (Å²) in [5.41, 5.74) is 0.339. The number of carbonyl (C=O) groups is 2. The number of rotatable bonds is 7. The molecule has 1 fully saturated rings. The second kappa shape index (κ2) is 9.96. The van der Waals surface area contributed by atoms with Gasteiger partial charge in [0.25, 0.3) is 0 Å². The molecule has 0 unspecified atom stereocenters. The summed E-state index contributed by atoms with van der Waals surface area (Å²) in [7, 11) is 1.67. The zero-order valence-corrected chi connectivity index (χ0v) is 16.9. The smallest absolute Gasteiger partial charge is 0.406 e. The number of ether oxygens (including phenoxy) is 1. The number of hydrogen-bond acceptors (Lipinski definition) is 4. The van der Waals surface area contributed by atoms with Crippen molar-refractivity contribution in [3.8, 4) is 5.75 Å². The first-order valence-electron chi connectivity index (χ1n) is 9.71. The number of hydrogen-bond donors (Lipinski definition) is 2. The number of nitrogens with zero attached hydrogens (tertiary/aromatic N) is 1. The maximum absolute atomic E-state index is 12.5. The van der Waals surface area contributed by atoms with Crippen molar-refractivity contribution in [3.63, 3.8) is 0 Å². The van der Waals surface area contributed by atoms with Crippen molar-refractivity contribution < 1.29 is 27.5 Å². The average Bonchev–Trinajstić information content (AvgIpc) is 2.63. The van der Waals surface area contributed by atoms with E-state index in [4.69, 9.17) is 0 Å². The van der Waals surface area contributed by atoms with Crippen LogP contribution in [-0.2, 0) is 9.59 Å². The summed E-state index contributed by atoms with van der Waals surface area (Å²) in [6.07, 6.45) is -0.400. The molecule has 6 nitrogen and oxygen atoms in total. The molecule has 0 radical (unpaired) electrons. The molecule has 1 saturated carbocycles. The van der Waals surface area contributed by atoms with E-state index in [1.807, 2.05) is 0 Å². The van der Waals surface area contributed by atoms with E-state index in [0.29, 0.717) is 11.6 Å². The molecular formula is C20H28F3N3O3. The van der Waals surface area contributed by atoms with Gasteiger partial charge in [-0.3, -0.25) is 14.5 Å². The van der Waals surface area contributed by atoms with Crippen molar-refractivity contribution in [2.45, 2.75) is 58.0 Å². The lowest BCUT2D eigenvalue weighted by molar-refractivity contribution is -0.274. The molecule has 1 aromatic carbocycles. The van der Waals surface area contributed by atoms with Crippen LogP contribution in [0.25, 0.3) is 0 Å². The SMILES string of the molecule is C[C@@H]1CCCC[C@H]1NC(=O)[C@@H](C)N(C)CC(=O)Nc1ccc(OC(F)(F)F)cc1. The van der Waals surface area contributed by atoms with E-state index in [2.05, 4.69) is 22.3 Å². The Morgan fingerprint density at radius 2 is 1.83 bits per heavy atom. The van der Waals surface area contributed by atoms with E-state index in [9.17, 15) is 22.8 Å². The number of anilines is 1. The minimum Gasteiger partial charge on any atom is -0.406 e. The number of carbonyl (C=O) groups excluding carboxylic acids is 2. The van der Waals surface area contributed by atoms with Crippen molar-refractivity contribution in [2.75, 3.05) is 18.9 Å². The molecule has 0 saturated heterocycles. The van der Waals surface area contributed by atoms with Crippen LogP contribution in [0.2, 0.25) is 0 Å². The van der Waals surface area contributed by atoms with Gasteiger partial charge in [0.2, 0.25) is 11.8 Å². The number of amides is 2. The van der Waals surface area contributed by atoms with E-state index in [1.165, 1.54) is 18.6 Å². The minimum atomic E-state index is -4.76. The van der Waals surface area contributed by atoms with Crippen LogP contribution in [0.5, 0.6) is 5.75 Å². The normalized spacial score (nSPS) is 20.8. The highest BCUT2D eigenvalue weighted by atomic mass is 19.4. The highest BCUT2D eigenvalue weighted by molar-refractivity contribution is 5.92. The second-order valence-electron chi connectivity index (χ2n) is 7.59. The number of alkyl halides is 3. The molecule has 1 aliphatic carbocycles. The predicted octanol–water partition coefficient (Wildman–Crippen LogP) is 3.54. The highest BCUT2D eigenvalue weighted by Crippen LogP contribution is 2.25. The van der Waals surface area contributed by atoms with E-state index in [0.717, 1.165) is 31.4 Å². The molecule has 1 aliphatic rings. The standard InChI is InChI=1S/C20H28F3N3O3/c1-13-6-4-5-7-17(13)25-19(28)14(2)26(3)12-18(27)24-15-8-10-16(11-9-15)29-20(21,22)23/h8-11,13-14,17H,4-7,12H2,1-3H3,(H,24,27)(H,25,28)/t13-,14-,17-/m1/s1. The third-order valence-corrected chi connectivity index (χ3v) is 5.24. The lowest BCUT2D eigenvalue weighted by atomic mass is 9.86. The zero-order valence-electron chi connectivity index (χ0n) is 16.9. The summed E-state index contributed by atoms with van der Waals surface area (Å²) in [6, 6.07) is 4.55. The van der Waals surface area contributed by atoms with Gasteiger partial charge in [0.05, 0.1) is 12.6 Å². The summed E-state index contributed by atoms with van der Waals surface area (Å²) in [5.74, 6) is -0.414. The minimum absolute atomic E-state index is 0.0321. The van der Waals surface area contributed by atoms with Gasteiger partial charge in [0, 0.05) is 11.7 Å². The van der Waals surface area contributed by atoms with Crippen LogP contribution >= 0.6 is 0 Å². The van der Waals surface area contributed by atoms with E-state index in [1.54, 1.807) is 18.9 Å². The van der Waals surface area contributed by atoms with Crippen molar-refractivity contribution in [1.29, 1.82) is 0 Å². The molecular weight excluding hydrogens is 387 g/mol. The fourth-order valence-corrected chi connectivity index (χ4v) is 3.34. The van der Waals surface area contributed by atoms with Crippen molar-refractivity contribution in [3.05, 3.63) is 24.3 Å². The van der Waals surface area contributed by atoms with Crippen LogP contribution in [0.3, 0.4) is 0 Å². The third kappa shape index (κ3) is 7.56. The first-order chi connectivity index (χ1) is 13.5. The largest absolute Gasteiger partial charge is 0.573 e. The molecule has 3 atom stereocenters. The van der Waals surface area contributed by atoms with Crippen LogP contribution in [0.1, 0.15) is 39.5 Å². The molecule has 0 heterocycles. The molecule has 1 aromatic rings. The van der Waals surface area contributed by atoms with Crippen molar-refractivity contribution >= 4 is 17.5 Å².